The molecule has 8 aromatic rings. The van der Waals surface area contributed by atoms with Crippen LogP contribution in [-0.4, -0.2) is 55.8 Å². The van der Waals surface area contributed by atoms with Crippen molar-refractivity contribution in [3.05, 3.63) is 161 Å². The van der Waals surface area contributed by atoms with Gasteiger partial charge in [-0.25, -0.2) is 15.0 Å². The van der Waals surface area contributed by atoms with E-state index in [0.717, 1.165) is 52.1 Å². The maximum atomic E-state index is 11.4. The molecule has 0 radical (unpaired) electrons. The number of phenols is 8. The number of nitrogens with zero attached hydrogens (tertiary/aromatic N) is 3. The Kier molecular flexibility index (Phi) is 8.67. The first-order valence-electron chi connectivity index (χ1n) is 19.9. The summed E-state index contributed by atoms with van der Waals surface area (Å²) in [7, 11) is 0. The van der Waals surface area contributed by atoms with E-state index in [1.807, 2.05) is 48.5 Å². The minimum Gasteiger partial charge on any atom is -0.507 e. The Hall–Kier alpha value is -8.31. The first kappa shape index (κ1) is 37.9. The topological polar surface area (TPSA) is 201 Å². The molecule has 8 N–H and O–H groups in total. The zero-order valence-electron chi connectivity index (χ0n) is 33.0. The molecule has 2 aliphatic rings. The SMILES string of the molecule is Cc1c(O)c(O)c(O)c(-c2nc(-c3c(O)cc(O)c(O)c3O)nc(-c3c(-c4ccc5c(c4)C(C4=CC=CCC4)(c4ccccc4)c4ccccc4-5)ccc4ccccc34)n2)c1O. The van der Waals surface area contributed by atoms with Crippen molar-refractivity contribution in [1.29, 1.82) is 0 Å². The molecule has 62 heavy (non-hydrogen) atoms. The monoisotopic (exact) mass is 819 g/mol. The van der Waals surface area contributed by atoms with Crippen LogP contribution in [0, 0.1) is 6.92 Å². The fourth-order valence-corrected chi connectivity index (χ4v) is 9.24. The van der Waals surface area contributed by atoms with E-state index >= 15 is 0 Å². The minimum atomic E-state index is -0.958. The van der Waals surface area contributed by atoms with Crippen molar-refractivity contribution in [2.75, 3.05) is 0 Å². The van der Waals surface area contributed by atoms with E-state index in [2.05, 4.69) is 83.9 Å². The van der Waals surface area contributed by atoms with E-state index in [1.165, 1.54) is 18.1 Å². The van der Waals surface area contributed by atoms with Crippen LogP contribution >= 0.6 is 0 Å². The third kappa shape index (κ3) is 5.48. The second-order valence-electron chi connectivity index (χ2n) is 15.5. The van der Waals surface area contributed by atoms with E-state index < -0.39 is 74.2 Å². The number of benzene rings is 7. The Balaban J connectivity index is 1.30. The van der Waals surface area contributed by atoms with Crippen molar-refractivity contribution < 1.29 is 40.9 Å². The standard InChI is InChI=1S/C51H37N3O8/c1-26-42(57)41(46(61)47(62)43(26)58)50-53-48(52-49(54-50)40-37(55)25-38(56)44(59)45(40)60)39-31-17-9-8-12-27(31)20-22-32(39)28-21-23-34-33-18-10-11-19-35(33)51(36(34)24-28,29-13-4-2-5-14-29)30-15-6-3-7-16-30/h2-6,8-15,17-25,55-62H,7,16H2,1H3. The van der Waals surface area contributed by atoms with Gasteiger partial charge >= 0.3 is 0 Å². The van der Waals surface area contributed by atoms with Crippen LogP contribution in [0.25, 0.3) is 67.2 Å². The second-order valence-corrected chi connectivity index (χ2v) is 15.5. The lowest BCUT2D eigenvalue weighted by molar-refractivity contribution is 0.359. The molecule has 10 rings (SSSR count). The average molecular weight is 820 g/mol. The summed E-state index contributed by atoms with van der Waals surface area (Å²) >= 11 is 0. The van der Waals surface area contributed by atoms with Crippen LogP contribution < -0.4 is 0 Å². The van der Waals surface area contributed by atoms with Gasteiger partial charge in [0.2, 0.25) is 11.5 Å². The maximum absolute atomic E-state index is 11.4. The molecule has 304 valence electrons. The molecule has 2 aliphatic carbocycles. The highest BCUT2D eigenvalue weighted by Crippen LogP contribution is 2.59. The van der Waals surface area contributed by atoms with Crippen molar-refractivity contribution in [3.8, 4) is 102 Å². The van der Waals surface area contributed by atoms with Gasteiger partial charge in [0, 0.05) is 17.2 Å². The van der Waals surface area contributed by atoms with Gasteiger partial charge in [-0.2, -0.15) is 0 Å². The lowest BCUT2D eigenvalue weighted by Gasteiger charge is -2.37. The summed E-state index contributed by atoms with van der Waals surface area (Å²) < 4.78 is 0. The molecule has 11 heteroatoms. The van der Waals surface area contributed by atoms with Gasteiger partial charge in [-0.15, -0.1) is 0 Å². The summed E-state index contributed by atoms with van der Waals surface area (Å²) in [5.74, 6) is -7.65. The highest BCUT2D eigenvalue weighted by Gasteiger charge is 2.47. The molecule has 1 aromatic heterocycles. The predicted molar refractivity (Wildman–Crippen MR) is 235 cm³/mol. The number of aromatic nitrogens is 3. The van der Waals surface area contributed by atoms with Gasteiger partial charge in [-0.05, 0) is 75.5 Å². The van der Waals surface area contributed by atoms with Crippen molar-refractivity contribution in [2.45, 2.75) is 25.2 Å². The van der Waals surface area contributed by atoms with Crippen LogP contribution in [0.5, 0.6) is 46.0 Å². The summed E-state index contributed by atoms with van der Waals surface area (Å²) in [6.45, 7) is 1.32. The summed E-state index contributed by atoms with van der Waals surface area (Å²) in [4.78, 5) is 14.0. The lowest BCUT2D eigenvalue weighted by atomic mass is 9.65. The van der Waals surface area contributed by atoms with E-state index in [9.17, 15) is 40.9 Å². The smallest absolute Gasteiger partial charge is 0.201 e. The Bertz CT molecular complexity index is 3220. The Morgan fingerprint density at radius 1 is 0.500 bits per heavy atom. The molecule has 0 spiro atoms. The Morgan fingerprint density at radius 3 is 1.90 bits per heavy atom. The Morgan fingerprint density at radius 2 is 1.15 bits per heavy atom. The number of rotatable bonds is 6. The quantitative estimate of drug-likeness (QED) is 0.0586. The summed E-state index contributed by atoms with van der Waals surface area (Å²) in [5.41, 5.74) is 6.98. The van der Waals surface area contributed by atoms with Gasteiger partial charge in [0.05, 0.1) is 5.41 Å². The average Bonchev–Trinajstić information content (AvgIpc) is 3.60. The second kappa shape index (κ2) is 14.2. The molecular formula is C51H37N3O8. The lowest BCUT2D eigenvalue weighted by Crippen LogP contribution is -2.30. The fourth-order valence-electron chi connectivity index (χ4n) is 9.24. The number of aromatic hydroxyl groups is 8. The van der Waals surface area contributed by atoms with Crippen LogP contribution in [0.1, 0.15) is 35.1 Å². The van der Waals surface area contributed by atoms with E-state index in [4.69, 9.17) is 9.97 Å². The third-order valence-corrected chi connectivity index (χ3v) is 12.2. The first-order valence-corrected chi connectivity index (χ1v) is 19.9. The molecule has 0 fully saturated rings. The number of allylic oxidation sites excluding steroid dienone is 4. The number of hydrogen-bond donors (Lipinski definition) is 8. The predicted octanol–water partition coefficient (Wildman–Crippen LogP) is 10.2. The van der Waals surface area contributed by atoms with Gasteiger partial charge in [0.15, 0.2) is 40.5 Å². The molecule has 11 nitrogen and oxygen atoms in total. The van der Waals surface area contributed by atoms with Crippen LogP contribution in [0.15, 0.2) is 139 Å². The van der Waals surface area contributed by atoms with Crippen molar-refractivity contribution in [1.82, 2.24) is 15.0 Å². The van der Waals surface area contributed by atoms with Crippen molar-refractivity contribution in [2.24, 2.45) is 0 Å². The molecule has 0 amide bonds. The number of fused-ring (bicyclic) bond motifs is 4. The van der Waals surface area contributed by atoms with E-state index in [-0.39, 0.29) is 11.4 Å². The molecule has 1 atom stereocenters. The molecule has 1 unspecified atom stereocenters. The van der Waals surface area contributed by atoms with Crippen LogP contribution in [0.4, 0.5) is 0 Å². The van der Waals surface area contributed by atoms with Crippen LogP contribution in [0.3, 0.4) is 0 Å². The summed E-state index contributed by atoms with van der Waals surface area (Å²) in [6, 6.07) is 37.6. The minimum absolute atomic E-state index is 0.0505. The van der Waals surface area contributed by atoms with Gasteiger partial charge in [0.25, 0.3) is 0 Å². The Labute approximate surface area is 354 Å². The molecule has 0 saturated carbocycles. The normalized spacial score (nSPS) is 15.3. The van der Waals surface area contributed by atoms with E-state index in [1.54, 1.807) is 0 Å². The number of hydrogen-bond acceptors (Lipinski definition) is 11. The molecular weight excluding hydrogens is 783 g/mol. The molecule has 7 aromatic carbocycles. The molecule has 0 aliphatic heterocycles. The zero-order chi connectivity index (χ0) is 43.0. The maximum Gasteiger partial charge on any atom is 0.201 e. The fraction of sp³-hybridized carbons (Fsp3) is 0.0784. The van der Waals surface area contributed by atoms with Gasteiger partial charge in [0.1, 0.15) is 22.6 Å². The van der Waals surface area contributed by atoms with Gasteiger partial charge in [-0.3, -0.25) is 0 Å². The molecule has 0 bridgehead atoms. The van der Waals surface area contributed by atoms with Crippen molar-refractivity contribution in [3.63, 3.8) is 0 Å². The highest BCUT2D eigenvalue weighted by molar-refractivity contribution is 6.04. The van der Waals surface area contributed by atoms with Crippen LogP contribution in [0.2, 0.25) is 0 Å². The first-order chi connectivity index (χ1) is 30.0. The zero-order valence-corrected chi connectivity index (χ0v) is 33.0. The molecule has 0 saturated heterocycles. The van der Waals surface area contributed by atoms with Gasteiger partial charge < -0.3 is 40.9 Å². The van der Waals surface area contributed by atoms with Crippen LogP contribution in [-0.2, 0) is 5.41 Å². The third-order valence-electron chi connectivity index (χ3n) is 12.2. The summed E-state index contributed by atoms with van der Waals surface area (Å²) in [6.07, 6.45) is 8.27. The largest absolute Gasteiger partial charge is 0.507 e. The van der Waals surface area contributed by atoms with Crippen molar-refractivity contribution >= 4 is 10.8 Å². The molecule has 1 heterocycles. The summed E-state index contributed by atoms with van der Waals surface area (Å²) in [5, 5.41) is 88.4. The van der Waals surface area contributed by atoms with E-state index in [0.29, 0.717) is 16.5 Å². The number of phenolic OH excluding ortho intramolecular Hbond substituents is 8. The highest BCUT2D eigenvalue weighted by atomic mass is 16.3. The van der Waals surface area contributed by atoms with Gasteiger partial charge in [-0.1, -0.05) is 127 Å².